The first kappa shape index (κ1) is 14.7. The van der Waals surface area contributed by atoms with E-state index in [-0.39, 0.29) is 0 Å². The van der Waals surface area contributed by atoms with E-state index in [1.54, 1.807) is 0 Å². The highest BCUT2D eigenvalue weighted by Gasteiger charge is 2.19. The molecule has 2 aromatic rings. The Bertz CT molecular complexity index is 712. The molecule has 0 saturated heterocycles. The molecule has 0 radical (unpaired) electrons. The quantitative estimate of drug-likeness (QED) is 0.593. The van der Waals surface area contributed by atoms with Crippen molar-refractivity contribution in [1.29, 1.82) is 5.26 Å². The number of nitriles is 1. The highest BCUT2D eigenvalue weighted by atomic mass is 16.5. The van der Waals surface area contributed by atoms with Gasteiger partial charge in [-0.25, -0.2) is 0 Å². The van der Waals surface area contributed by atoms with Crippen molar-refractivity contribution in [1.82, 2.24) is 0 Å². The summed E-state index contributed by atoms with van der Waals surface area (Å²) < 4.78 is 5.87. The molecule has 112 valence electrons. The molecule has 0 heterocycles. The maximum Gasteiger partial charge on any atom is 0.119 e. The lowest BCUT2D eigenvalue weighted by atomic mass is 10.0. The fourth-order valence-corrected chi connectivity index (χ4v) is 3.07. The van der Waals surface area contributed by atoms with Gasteiger partial charge in [0.05, 0.1) is 18.2 Å². The fraction of sp³-hybridized carbons (Fsp3) is 0.350. The summed E-state index contributed by atoms with van der Waals surface area (Å²) in [7, 11) is 0. The molecular formula is C20H21NO. The lowest BCUT2D eigenvalue weighted by molar-refractivity contribution is 0.305. The largest absolute Gasteiger partial charge is 0.494 e. The highest BCUT2D eigenvalue weighted by molar-refractivity contribution is 5.78. The maximum absolute atomic E-state index is 9.02. The van der Waals surface area contributed by atoms with Gasteiger partial charge in [0.25, 0.3) is 0 Å². The zero-order chi connectivity index (χ0) is 15.4. The van der Waals surface area contributed by atoms with Gasteiger partial charge in [-0.1, -0.05) is 38.3 Å². The zero-order valence-electron chi connectivity index (χ0n) is 13.1. The smallest absolute Gasteiger partial charge is 0.119 e. The summed E-state index contributed by atoms with van der Waals surface area (Å²) in [5.74, 6) is 0.962. The summed E-state index contributed by atoms with van der Waals surface area (Å²) in [6.07, 6.45) is 5.79. The molecule has 0 aliphatic heterocycles. The van der Waals surface area contributed by atoms with E-state index in [0.29, 0.717) is 0 Å². The topological polar surface area (TPSA) is 33.0 Å². The first-order valence-electron chi connectivity index (χ1n) is 8.11. The van der Waals surface area contributed by atoms with Crippen molar-refractivity contribution < 1.29 is 4.74 Å². The first-order chi connectivity index (χ1) is 10.8. The Morgan fingerprint density at radius 3 is 2.55 bits per heavy atom. The van der Waals surface area contributed by atoms with Gasteiger partial charge in [0.15, 0.2) is 0 Å². The van der Waals surface area contributed by atoms with Gasteiger partial charge in [0.1, 0.15) is 5.75 Å². The molecule has 0 bridgehead atoms. The number of rotatable bonds is 6. The van der Waals surface area contributed by atoms with Crippen molar-refractivity contribution in [2.75, 3.05) is 6.61 Å². The average molecular weight is 291 g/mol. The number of nitrogens with zero attached hydrogens (tertiary/aromatic N) is 1. The average Bonchev–Trinajstić information content (AvgIpc) is 2.91. The molecule has 0 aromatic heterocycles. The van der Waals surface area contributed by atoms with Crippen LogP contribution < -0.4 is 4.74 Å². The summed E-state index contributed by atoms with van der Waals surface area (Å²) in [5, 5.41) is 9.02. The molecule has 0 atom stereocenters. The third kappa shape index (κ3) is 2.99. The molecule has 2 aromatic carbocycles. The second-order valence-electron chi connectivity index (χ2n) is 5.89. The molecule has 0 saturated carbocycles. The molecular weight excluding hydrogens is 270 g/mol. The predicted molar refractivity (Wildman–Crippen MR) is 89.0 cm³/mol. The molecule has 1 aliphatic rings. The van der Waals surface area contributed by atoms with Crippen molar-refractivity contribution in [2.24, 2.45) is 0 Å². The van der Waals surface area contributed by atoms with Crippen LogP contribution in [0.25, 0.3) is 11.1 Å². The molecule has 1 aliphatic carbocycles. The highest BCUT2D eigenvalue weighted by Crippen LogP contribution is 2.38. The van der Waals surface area contributed by atoms with Crippen LogP contribution in [0.2, 0.25) is 0 Å². The van der Waals surface area contributed by atoms with Crippen molar-refractivity contribution in [2.45, 2.75) is 39.0 Å². The van der Waals surface area contributed by atoms with Gasteiger partial charge in [-0.05, 0) is 59.4 Å². The van der Waals surface area contributed by atoms with Crippen LogP contribution in [0, 0.1) is 11.3 Å². The lowest BCUT2D eigenvalue weighted by Gasteiger charge is -2.08. The van der Waals surface area contributed by atoms with E-state index < -0.39 is 0 Å². The van der Waals surface area contributed by atoms with Crippen LogP contribution in [0.4, 0.5) is 0 Å². The van der Waals surface area contributed by atoms with E-state index in [2.05, 4.69) is 37.3 Å². The van der Waals surface area contributed by atoms with Gasteiger partial charge in [-0.15, -0.1) is 0 Å². The van der Waals surface area contributed by atoms with Crippen LogP contribution in [-0.4, -0.2) is 6.61 Å². The van der Waals surface area contributed by atoms with Crippen molar-refractivity contribution >= 4 is 0 Å². The number of ether oxygens (including phenoxy) is 1. The minimum atomic E-state index is 0.735. The third-order valence-corrected chi connectivity index (χ3v) is 4.25. The second-order valence-corrected chi connectivity index (χ2v) is 5.89. The van der Waals surface area contributed by atoms with E-state index in [9.17, 15) is 0 Å². The van der Waals surface area contributed by atoms with Gasteiger partial charge in [0.2, 0.25) is 0 Å². The molecule has 0 unspecified atom stereocenters. The Labute approximate surface area is 132 Å². The van der Waals surface area contributed by atoms with Crippen LogP contribution in [0.1, 0.15) is 49.3 Å². The van der Waals surface area contributed by atoms with Crippen LogP contribution in [0.3, 0.4) is 0 Å². The molecule has 0 N–H and O–H groups in total. The second kappa shape index (κ2) is 6.66. The number of hydrogen-bond acceptors (Lipinski definition) is 2. The summed E-state index contributed by atoms with van der Waals surface area (Å²) in [4.78, 5) is 0. The normalized spacial score (nSPS) is 11.6. The van der Waals surface area contributed by atoms with Gasteiger partial charge in [-0.2, -0.15) is 5.26 Å². The summed E-state index contributed by atoms with van der Waals surface area (Å²) in [5.41, 5.74) is 5.81. The monoisotopic (exact) mass is 291 g/mol. The van der Waals surface area contributed by atoms with E-state index in [4.69, 9.17) is 10.00 Å². The first-order valence-corrected chi connectivity index (χ1v) is 8.11. The molecule has 0 fully saturated rings. The van der Waals surface area contributed by atoms with E-state index >= 15 is 0 Å². The van der Waals surface area contributed by atoms with Crippen molar-refractivity contribution in [3.8, 4) is 22.9 Å². The molecule has 2 heteroatoms. The Balaban J connectivity index is 1.69. The zero-order valence-corrected chi connectivity index (χ0v) is 13.1. The minimum Gasteiger partial charge on any atom is -0.494 e. The lowest BCUT2D eigenvalue weighted by Crippen LogP contribution is -1.97. The summed E-state index contributed by atoms with van der Waals surface area (Å²) in [6, 6.07) is 14.5. The van der Waals surface area contributed by atoms with Gasteiger partial charge in [-0.3, -0.25) is 0 Å². The predicted octanol–water partition coefficient (Wildman–Crippen LogP) is 5.09. The molecule has 2 nitrogen and oxygen atoms in total. The van der Waals surface area contributed by atoms with Crippen LogP contribution in [-0.2, 0) is 6.42 Å². The SMILES string of the molecule is CCCCCCOc1ccc2c(c1)Cc1cc(C#N)ccc1-2. The molecule has 22 heavy (non-hydrogen) atoms. The minimum absolute atomic E-state index is 0.735. The number of fused-ring (bicyclic) bond motifs is 3. The van der Waals surface area contributed by atoms with Crippen LogP contribution in [0.5, 0.6) is 5.75 Å². The number of benzene rings is 2. The van der Waals surface area contributed by atoms with Gasteiger partial charge >= 0.3 is 0 Å². The Morgan fingerprint density at radius 1 is 1.00 bits per heavy atom. The van der Waals surface area contributed by atoms with Crippen molar-refractivity contribution in [3.05, 3.63) is 53.1 Å². The summed E-state index contributed by atoms with van der Waals surface area (Å²) in [6.45, 7) is 3.01. The van der Waals surface area contributed by atoms with E-state index in [1.807, 2.05) is 12.1 Å². The molecule has 0 amide bonds. The van der Waals surface area contributed by atoms with E-state index in [0.717, 1.165) is 30.8 Å². The number of unbranched alkanes of at least 4 members (excludes halogenated alkanes) is 3. The van der Waals surface area contributed by atoms with Crippen molar-refractivity contribution in [3.63, 3.8) is 0 Å². The summed E-state index contributed by atoms with van der Waals surface area (Å²) >= 11 is 0. The standard InChI is InChI=1S/C20H21NO/c1-2-3-4-5-10-22-18-7-9-20-17(13-18)12-16-11-15(14-21)6-8-19(16)20/h6-9,11,13H,2-5,10,12H2,1H3. The van der Waals surface area contributed by atoms with Crippen LogP contribution >= 0.6 is 0 Å². The maximum atomic E-state index is 9.02. The Hall–Kier alpha value is -2.27. The molecule has 3 rings (SSSR count). The Kier molecular flexibility index (Phi) is 4.44. The van der Waals surface area contributed by atoms with Gasteiger partial charge < -0.3 is 4.74 Å². The fourth-order valence-electron chi connectivity index (χ4n) is 3.07. The van der Waals surface area contributed by atoms with Gasteiger partial charge in [0, 0.05) is 0 Å². The Morgan fingerprint density at radius 2 is 1.77 bits per heavy atom. The third-order valence-electron chi connectivity index (χ3n) is 4.25. The molecule has 0 spiro atoms. The number of hydrogen-bond donors (Lipinski definition) is 0. The van der Waals surface area contributed by atoms with Crippen LogP contribution in [0.15, 0.2) is 36.4 Å². The van der Waals surface area contributed by atoms with E-state index in [1.165, 1.54) is 41.5 Å².